The highest BCUT2D eigenvalue weighted by molar-refractivity contribution is 6.10. The molecule has 0 bridgehead atoms. The van der Waals surface area contributed by atoms with Gasteiger partial charge in [0.05, 0.1) is 5.69 Å². The van der Waals surface area contributed by atoms with Gasteiger partial charge in [0.15, 0.2) is 0 Å². The first kappa shape index (κ1) is 20.6. The molecule has 1 aliphatic rings. The van der Waals surface area contributed by atoms with Crippen molar-refractivity contribution in [3.05, 3.63) is 78.4 Å². The molecule has 0 radical (unpaired) electrons. The van der Waals surface area contributed by atoms with Crippen LogP contribution in [0.25, 0.3) is 10.8 Å². The summed E-state index contributed by atoms with van der Waals surface area (Å²) in [4.78, 5) is 41.0. The highest BCUT2D eigenvalue weighted by Gasteiger charge is 2.39. The average molecular weight is 415 g/mol. The van der Waals surface area contributed by atoms with Crippen molar-refractivity contribution in [2.24, 2.45) is 0 Å². The number of hydrogen-bond acceptors (Lipinski definition) is 3. The van der Waals surface area contributed by atoms with Crippen LogP contribution in [0, 0.1) is 0 Å². The van der Waals surface area contributed by atoms with Gasteiger partial charge in [-0.05, 0) is 36.8 Å². The van der Waals surface area contributed by atoms with Gasteiger partial charge in [-0.3, -0.25) is 14.5 Å². The molecule has 0 aliphatic carbocycles. The third-order valence-electron chi connectivity index (χ3n) is 5.64. The molecule has 4 amide bonds. The first-order valence-corrected chi connectivity index (χ1v) is 10.5. The van der Waals surface area contributed by atoms with E-state index in [1.165, 1.54) is 0 Å². The molecule has 6 nitrogen and oxygen atoms in total. The monoisotopic (exact) mass is 415 g/mol. The molecule has 1 fully saturated rings. The van der Waals surface area contributed by atoms with Crippen LogP contribution in [-0.4, -0.2) is 41.9 Å². The molecule has 0 saturated carbocycles. The number of rotatable bonds is 7. The van der Waals surface area contributed by atoms with E-state index in [4.69, 9.17) is 0 Å². The molecule has 1 unspecified atom stereocenters. The summed E-state index contributed by atoms with van der Waals surface area (Å²) in [5.41, 5.74) is 1.88. The Morgan fingerprint density at radius 3 is 2.45 bits per heavy atom. The van der Waals surface area contributed by atoms with Gasteiger partial charge in [0.1, 0.15) is 12.6 Å². The minimum Gasteiger partial charge on any atom is -0.326 e. The normalized spacial score (nSPS) is 15.9. The minimum atomic E-state index is -0.604. The van der Waals surface area contributed by atoms with Gasteiger partial charge >= 0.3 is 6.03 Å². The number of imide groups is 1. The molecule has 1 N–H and O–H groups in total. The van der Waals surface area contributed by atoms with E-state index >= 15 is 0 Å². The number of nitrogens with one attached hydrogen (secondary N) is 1. The van der Waals surface area contributed by atoms with Gasteiger partial charge in [0.25, 0.3) is 5.91 Å². The molecule has 3 aromatic carbocycles. The Morgan fingerprint density at radius 1 is 0.968 bits per heavy atom. The number of nitrogens with zero attached hydrogens (tertiary/aromatic N) is 2. The van der Waals surface area contributed by atoms with E-state index in [9.17, 15) is 14.4 Å². The van der Waals surface area contributed by atoms with Crippen molar-refractivity contribution in [2.75, 3.05) is 18.0 Å². The van der Waals surface area contributed by atoms with Gasteiger partial charge in [-0.1, -0.05) is 66.7 Å². The van der Waals surface area contributed by atoms with E-state index in [0.717, 1.165) is 26.9 Å². The van der Waals surface area contributed by atoms with Crippen molar-refractivity contribution in [1.82, 2.24) is 10.2 Å². The number of urea groups is 1. The third-order valence-corrected chi connectivity index (χ3v) is 5.64. The first-order chi connectivity index (χ1) is 15.1. The van der Waals surface area contributed by atoms with Crippen LogP contribution >= 0.6 is 0 Å². The van der Waals surface area contributed by atoms with Gasteiger partial charge < -0.3 is 10.2 Å². The van der Waals surface area contributed by atoms with Crippen LogP contribution < -0.4 is 10.2 Å². The molecule has 0 spiro atoms. The lowest BCUT2D eigenvalue weighted by Gasteiger charge is -2.24. The largest absolute Gasteiger partial charge is 0.326 e. The Balaban J connectivity index is 1.46. The standard InChI is InChI=1S/C25H25N3O3/c1-2-27(22-14-8-12-19-11-6-7-13-20(19)22)23(29)17-28-24(30)21(26-25(28)31)16-15-18-9-4-3-5-10-18/h3-14,21H,2,15-17H2,1H3,(H,26,31). The maximum Gasteiger partial charge on any atom is 0.325 e. The molecule has 1 heterocycles. The summed E-state index contributed by atoms with van der Waals surface area (Å²) in [5.74, 6) is -0.630. The van der Waals surface area contributed by atoms with Crippen LogP contribution in [0.2, 0.25) is 0 Å². The summed E-state index contributed by atoms with van der Waals surface area (Å²) in [6, 6.07) is 22.3. The summed E-state index contributed by atoms with van der Waals surface area (Å²) in [6.07, 6.45) is 1.18. The number of aryl methyl sites for hydroxylation is 1. The second-order valence-corrected chi connectivity index (χ2v) is 7.59. The molecular formula is C25H25N3O3. The number of amides is 4. The Bertz CT molecular complexity index is 1110. The fraction of sp³-hybridized carbons (Fsp3) is 0.240. The van der Waals surface area contributed by atoms with Crippen molar-refractivity contribution < 1.29 is 14.4 Å². The lowest BCUT2D eigenvalue weighted by Crippen LogP contribution is -2.43. The highest BCUT2D eigenvalue weighted by atomic mass is 16.2. The number of carbonyl (C=O) groups is 3. The molecule has 0 aromatic heterocycles. The van der Waals surface area contributed by atoms with E-state index in [0.29, 0.717) is 19.4 Å². The van der Waals surface area contributed by atoms with Crippen LogP contribution in [0.1, 0.15) is 18.9 Å². The van der Waals surface area contributed by atoms with Crippen LogP contribution in [0.4, 0.5) is 10.5 Å². The number of likely N-dealkylation sites (N-methyl/N-ethyl adjacent to an activating group) is 1. The number of carbonyl (C=O) groups excluding carboxylic acids is 3. The van der Waals surface area contributed by atoms with E-state index in [1.807, 2.05) is 79.7 Å². The van der Waals surface area contributed by atoms with E-state index in [2.05, 4.69) is 5.32 Å². The molecule has 31 heavy (non-hydrogen) atoms. The summed E-state index contributed by atoms with van der Waals surface area (Å²) in [5, 5.41) is 4.71. The highest BCUT2D eigenvalue weighted by Crippen LogP contribution is 2.27. The molecular weight excluding hydrogens is 390 g/mol. The lowest BCUT2D eigenvalue weighted by molar-refractivity contribution is -0.131. The zero-order valence-corrected chi connectivity index (χ0v) is 17.5. The number of fused-ring (bicyclic) bond motifs is 1. The third kappa shape index (κ3) is 4.28. The topological polar surface area (TPSA) is 69.7 Å². The SMILES string of the molecule is CCN(C(=O)CN1C(=O)NC(CCc2ccccc2)C1=O)c1cccc2ccccc12. The van der Waals surface area contributed by atoms with Crippen LogP contribution in [0.5, 0.6) is 0 Å². The second-order valence-electron chi connectivity index (χ2n) is 7.59. The average Bonchev–Trinajstić information content (AvgIpc) is 3.06. The summed E-state index contributed by atoms with van der Waals surface area (Å²) >= 11 is 0. The fourth-order valence-corrected chi connectivity index (χ4v) is 4.02. The minimum absolute atomic E-state index is 0.274. The first-order valence-electron chi connectivity index (χ1n) is 10.5. The molecule has 1 aliphatic heterocycles. The summed E-state index contributed by atoms with van der Waals surface area (Å²) < 4.78 is 0. The van der Waals surface area contributed by atoms with Crippen LogP contribution in [0.3, 0.4) is 0 Å². The van der Waals surface area contributed by atoms with Gasteiger partial charge in [-0.2, -0.15) is 0 Å². The van der Waals surface area contributed by atoms with Crippen molar-refractivity contribution >= 4 is 34.3 Å². The van der Waals surface area contributed by atoms with E-state index in [1.54, 1.807) is 4.90 Å². The maximum atomic E-state index is 13.1. The predicted molar refractivity (Wildman–Crippen MR) is 121 cm³/mol. The maximum absolute atomic E-state index is 13.1. The lowest BCUT2D eigenvalue weighted by atomic mass is 10.1. The number of anilines is 1. The zero-order chi connectivity index (χ0) is 21.8. The predicted octanol–water partition coefficient (Wildman–Crippen LogP) is 3.75. The molecule has 6 heteroatoms. The molecule has 1 atom stereocenters. The molecule has 158 valence electrons. The Labute approximate surface area is 181 Å². The summed E-state index contributed by atoms with van der Waals surface area (Å²) in [6.45, 7) is 2.05. The molecule has 1 saturated heterocycles. The Hall–Kier alpha value is -3.67. The van der Waals surface area contributed by atoms with E-state index < -0.39 is 12.1 Å². The smallest absolute Gasteiger partial charge is 0.325 e. The molecule has 3 aromatic rings. The quantitative estimate of drug-likeness (QED) is 0.598. The van der Waals surface area contributed by atoms with Crippen molar-refractivity contribution in [3.8, 4) is 0 Å². The van der Waals surface area contributed by atoms with Crippen molar-refractivity contribution in [2.45, 2.75) is 25.8 Å². The molecule has 4 rings (SSSR count). The Morgan fingerprint density at radius 2 is 1.68 bits per heavy atom. The van der Waals surface area contributed by atoms with Gasteiger partial charge in [0, 0.05) is 11.9 Å². The van der Waals surface area contributed by atoms with Crippen molar-refractivity contribution in [3.63, 3.8) is 0 Å². The van der Waals surface area contributed by atoms with Crippen molar-refractivity contribution in [1.29, 1.82) is 0 Å². The number of benzene rings is 3. The van der Waals surface area contributed by atoms with Crippen LogP contribution in [0.15, 0.2) is 72.8 Å². The fourth-order valence-electron chi connectivity index (χ4n) is 4.02. The van der Waals surface area contributed by atoms with Gasteiger partial charge in [-0.15, -0.1) is 0 Å². The van der Waals surface area contributed by atoms with Gasteiger partial charge in [0.2, 0.25) is 5.91 Å². The second kappa shape index (κ2) is 9.00. The Kier molecular flexibility index (Phi) is 5.98. The van der Waals surface area contributed by atoms with E-state index in [-0.39, 0.29) is 18.4 Å². The van der Waals surface area contributed by atoms with Gasteiger partial charge in [-0.25, -0.2) is 4.79 Å². The summed E-state index contributed by atoms with van der Waals surface area (Å²) in [7, 11) is 0. The van der Waals surface area contributed by atoms with Crippen LogP contribution in [-0.2, 0) is 16.0 Å². The zero-order valence-electron chi connectivity index (χ0n) is 17.5. The number of hydrogen-bond donors (Lipinski definition) is 1.